The molecule has 2 fully saturated rings. The molecule has 1 atom stereocenters. The summed E-state index contributed by atoms with van der Waals surface area (Å²) in [5.41, 5.74) is -0.967. The van der Waals surface area contributed by atoms with Crippen LogP contribution in [0, 0.1) is 0 Å². The minimum Gasteiger partial charge on any atom is -0.479 e. The lowest BCUT2D eigenvalue weighted by Gasteiger charge is -2.38. The highest BCUT2D eigenvalue weighted by atomic mass is 16.4. The number of amides is 2. The molecule has 0 aromatic rings. The molecule has 5 heteroatoms. The summed E-state index contributed by atoms with van der Waals surface area (Å²) in [4.78, 5) is 28.3. The van der Waals surface area contributed by atoms with Crippen LogP contribution in [0.3, 0.4) is 0 Å². The fourth-order valence-corrected chi connectivity index (χ4v) is 3.46. The second-order valence-electron chi connectivity index (χ2n) is 6.40. The smallest absolute Gasteiger partial charge is 0.329 e. The molecule has 1 saturated carbocycles. The van der Waals surface area contributed by atoms with Crippen molar-refractivity contribution >= 4 is 12.0 Å². The summed E-state index contributed by atoms with van der Waals surface area (Å²) in [6.45, 7) is 5.45. The largest absolute Gasteiger partial charge is 0.479 e. The standard InChI is InChI=1S/C16H28N2O3/c1-3-5-11-17(13-7-8-13)15(21)18-12-6-10-16(18,9-4-2)14(19)20/h13H,3-12H2,1-2H3,(H,19,20). The maximum Gasteiger partial charge on any atom is 0.329 e. The number of carboxylic acids is 1. The highest BCUT2D eigenvalue weighted by molar-refractivity contribution is 5.87. The molecular weight excluding hydrogens is 268 g/mol. The number of unbranched alkanes of at least 4 members (excludes halogenated alkanes) is 1. The molecule has 1 unspecified atom stereocenters. The van der Waals surface area contributed by atoms with Crippen molar-refractivity contribution in [2.75, 3.05) is 13.1 Å². The minimum absolute atomic E-state index is 0.0423. The average Bonchev–Trinajstić information content (AvgIpc) is 3.19. The molecule has 21 heavy (non-hydrogen) atoms. The van der Waals surface area contributed by atoms with Crippen molar-refractivity contribution in [3.63, 3.8) is 0 Å². The maximum absolute atomic E-state index is 12.9. The van der Waals surface area contributed by atoms with Crippen molar-refractivity contribution in [3.8, 4) is 0 Å². The number of carboxylic acid groups (broad SMARTS) is 1. The van der Waals surface area contributed by atoms with Crippen molar-refractivity contribution in [3.05, 3.63) is 0 Å². The van der Waals surface area contributed by atoms with Gasteiger partial charge in [-0.25, -0.2) is 9.59 Å². The van der Waals surface area contributed by atoms with Crippen LogP contribution in [-0.2, 0) is 4.79 Å². The zero-order valence-electron chi connectivity index (χ0n) is 13.3. The topological polar surface area (TPSA) is 60.9 Å². The van der Waals surface area contributed by atoms with Gasteiger partial charge in [0.1, 0.15) is 5.54 Å². The van der Waals surface area contributed by atoms with Gasteiger partial charge in [-0.1, -0.05) is 26.7 Å². The van der Waals surface area contributed by atoms with Crippen molar-refractivity contribution in [1.29, 1.82) is 0 Å². The first-order valence-electron chi connectivity index (χ1n) is 8.38. The lowest BCUT2D eigenvalue weighted by Crippen LogP contribution is -2.57. The van der Waals surface area contributed by atoms with Gasteiger partial charge in [-0.15, -0.1) is 0 Å². The van der Waals surface area contributed by atoms with Crippen molar-refractivity contribution < 1.29 is 14.7 Å². The first kappa shape index (κ1) is 16.1. The van der Waals surface area contributed by atoms with E-state index < -0.39 is 11.5 Å². The van der Waals surface area contributed by atoms with Crippen LogP contribution < -0.4 is 0 Å². The van der Waals surface area contributed by atoms with Gasteiger partial charge in [0.15, 0.2) is 0 Å². The number of urea groups is 1. The molecule has 2 rings (SSSR count). The van der Waals surface area contributed by atoms with Crippen LogP contribution in [0.5, 0.6) is 0 Å². The molecule has 0 aromatic heterocycles. The van der Waals surface area contributed by atoms with Crippen LogP contribution in [0.1, 0.15) is 65.2 Å². The van der Waals surface area contributed by atoms with Gasteiger partial charge in [0.2, 0.25) is 0 Å². The molecule has 1 N–H and O–H groups in total. The Morgan fingerprint density at radius 1 is 1.29 bits per heavy atom. The van der Waals surface area contributed by atoms with E-state index in [2.05, 4.69) is 6.92 Å². The highest BCUT2D eigenvalue weighted by Gasteiger charge is 2.51. The van der Waals surface area contributed by atoms with Crippen LogP contribution >= 0.6 is 0 Å². The molecule has 1 aliphatic heterocycles. The summed E-state index contributed by atoms with van der Waals surface area (Å²) < 4.78 is 0. The van der Waals surface area contributed by atoms with Gasteiger partial charge in [0, 0.05) is 19.1 Å². The predicted octanol–water partition coefficient (Wildman–Crippen LogP) is 3.09. The van der Waals surface area contributed by atoms with E-state index in [1.54, 1.807) is 4.90 Å². The van der Waals surface area contributed by atoms with E-state index in [-0.39, 0.29) is 6.03 Å². The van der Waals surface area contributed by atoms with Gasteiger partial charge in [0.25, 0.3) is 0 Å². The SMILES string of the molecule is CCCCN(C(=O)N1CCCC1(CCC)C(=O)O)C1CC1. The Labute approximate surface area is 127 Å². The van der Waals surface area contributed by atoms with Crippen LogP contribution in [0.25, 0.3) is 0 Å². The van der Waals surface area contributed by atoms with E-state index in [1.165, 1.54) is 0 Å². The van der Waals surface area contributed by atoms with Crippen LogP contribution in [0.15, 0.2) is 0 Å². The number of rotatable bonds is 7. The van der Waals surface area contributed by atoms with E-state index in [0.717, 1.165) is 45.1 Å². The Kier molecular flexibility index (Phi) is 5.12. The summed E-state index contributed by atoms with van der Waals surface area (Å²) in [5.74, 6) is -0.832. The first-order valence-corrected chi connectivity index (χ1v) is 8.38. The van der Waals surface area contributed by atoms with Gasteiger partial charge >= 0.3 is 12.0 Å². The van der Waals surface area contributed by atoms with Crippen molar-refractivity contribution in [2.24, 2.45) is 0 Å². The molecule has 1 heterocycles. The van der Waals surface area contributed by atoms with Crippen LogP contribution in [-0.4, -0.2) is 51.6 Å². The minimum atomic E-state index is -0.967. The Bertz CT molecular complexity index is 395. The normalized spacial score (nSPS) is 25.1. The van der Waals surface area contributed by atoms with E-state index >= 15 is 0 Å². The van der Waals surface area contributed by atoms with Crippen LogP contribution in [0.4, 0.5) is 4.79 Å². The summed E-state index contributed by atoms with van der Waals surface area (Å²) in [5, 5.41) is 9.71. The van der Waals surface area contributed by atoms with Gasteiger partial charge in [-0.05, 0) is 38.5 Å². The van der Waals surface area contributed by atoms with Crippen LogP contribution in [0.2, 0.25) is 0 Å². The third-order valence-corrected chi connectivity index (χ3v) is 4.77. The molecule has 120 valence electrons. The molecular formula is C16H28N2O3. The van der Waals surface area contributed by atoms with Gasteiger partial charge in [-0.2, -0.15) is 0 Å². The zero-order chi connectivity index (χ0) is 15.5. The van der Waals surface area contributed by atoms with E-state index in [1.807, 2.05) is 11.8 Å². The summed E-state index contributed by atoms with van der Waals surface area (Å²) in [6.07, 6.45) is 6.90. The van der Waals surface area contributed by atoms with Gasteiger partial charge in [0.05, 0.1) is 0 Å². The molecule has 2 amide bonds. The third kappa shape index (κ3) is 3.16. The fraction of sp³-hybridized carbons (Fsp3) is 0.875. The Hall–Kier alpha value is -1.26. The van der Waals surface area contributed by atoms with E-state index in [9.17, 15) is 14.7 Å². The number of nitrogens with zero attached hydrogens (tertiary/aromatic N) is 2. The second kappa shape index (κ2) is 6.67. The van der Waals surface area contributed by atoms with Crippen molar-refractivity contribution in [1.82, 2.24) is 9.80 Å². The average molecular weight is 296 g/mol. The Morgan fingerprint density at radius 2 is 2.00 bits per heavy atom. The summed E-state index contributed by atoms with van der Waals surface area (Å²) in [7, 11) is 0. The zero-order valence-corrected chi connectivity index (χ0v) is 13.3. The Morgan fingerprint density at radius 3 is 2.52 bits per heavy atom. The summed E-state index contributed by atoms with van der Waals surface area (Å²) >= 11 is 0. The maximum atomic E-state index is 12.9. The fourth-order valence-electron chi connectivity index (χ4n) is 3.46. The van der Waals surface area contributed by atoms with E-state index in [4.69, 9.17) is 0 Å². The number of aliphatic carboxylic acids is 1. The third-order valence-electron chi connectivity index (χ3n) is 4.77. The molecule has 1 aliphatic carbocycles. The lowest BCUT2D eigenvalue weighted by molar-refractivity contribution is -0.148. The van der Waals surface area contributed by atoms with Gasteiger partial charge < -0.3 is 14.9 Å². The molecule has 5 nitrogen and oxygen atoms in total. The number of hydrogen-bond acceptors (Lipinski definition) is 2. The molecule has 0 spiro atoms. The summed E-state index contributed by atoms with van der Waals surface area (Å²) in [6, 6.07) is 0.303. The number of carbonyl (C=O) groups is 2. The van der Waals surface area contributed by atoms with E-state index in [0.29, 0.717) is 25.4 Å². The quantitative estimate of drug-likeness (QED) is 0.785. The first-order chi connectivity index (χ1) is 10.1. The number of likely N-dealkylation sites (tertiary alicyclic amines) is 1. The molecule has 0 aromatic carbocycles. The molecule has 0 bridgehead atoms. The Balaban J connectivity index is 2.16. The number of hydrogen-bond donors (Lipinski definition) is 1. The second-order valence-corrected chi connectivity index (χ2v) is 6.40. The predicted molar refractivity (Wildman–Crippen MR) is 81.2 cm³/mol. The van der Waals surface area contributed by atoms with Gasteiger partial charge in [-0.3, -0.25) is 0 Å². The number of carbonyl (C=O) groups excluding carboxylic acids is 1. The molecule has 1 saturated heterocycles. The lowest BCUT2D eigenvalue weighted by atomic mass is 9.91. The molecule has 0 radical (unpaired) electrons. The molecule has 2 aliphatic rings. The van der Waals surface area contributed by atoms with Crippen molar-refractivity contribution in [2.45, 2.75) is 76.8 Å². The highest BCUT2D eigenvalue weighted by Crippen LogP contribution is 2.37. The monoisotopic (exact) mass is 296 g/mol.